The van der Waals surface area contributed by atoms with Crippen molar-refractivity contribution in [1.82, 2.24) is 5.06 Å². The molecule has 3 fully saturated rings. The third kappa shape index (κ3) is 5.34. The molecule has 0 saturated carbocycles. The third-order valence-electron chi connectivity index (χ3n) is 7.44. The van der Waals surface area contributed by atoms with Crippen molar-refractivity contribution in [2.75, 3.05) is 0 Å². The maximum Gasteiger partial charge on any atom is 0.265 e. The van der Waals surface area contributed by atoms with Crippen molar-refractivity contribution in [1.29, 1.82) is 0 Å². The predicted molar refractivity (Wildman–Crippen MR) is 141 cm³/mol. The monoisotopic (exact) mass is 532 g/mol. The van der Waals surface area contributed by atoms with Gasteiger partial charge in [0.05, 0.1) is 6.61 Å². The number of hydroxylamine groups is 2. The first-order valence-electron chi connectivity index (χ1n) is 13.2. The Hall–Kier alpha value is -3.18. The van der Waals surface area contributed by atoms with Crippen LogP contribution in [0.5, 0.6) is 0 Å². The van der Waals surface area contributed by atoms with Crippen LogP contribution in [0.15, 0.2) is 91.0 Å². The van der Waals surface area contributed by atoms with Gasteiger partial charge >= 0.3 is 0 Å². The van der Waals surface area contributed by atoms with Gasteiger partial charge in [-0.05, 0) is 30.5 Å². The Morgan fingerprint density at radius 2 is 1.49 bits per heavy atom. The number of fused-ring (bicyclic) bond motifs is 1. The second kappa shape index (κ2) is 10.8. The Bertz CT molecular complexity index is 1260. The zero-order valence-electron chi connectivity index (χ0n) is 21.9. The van der Waals surface area contributed by atoms with Crippen molar-refractivity contribution < 1.29 is 28.7 Å². The number of benzene rings is 3. The van der Waals surface area contributed by atoms with Gasteiger partial charge in [-0.3, -0.25) is 15.0 Å². The molecular formula is C30H32N2O7. The number of rotatable bonds is 8. The van der Waals surface area contributed by atoms with Gasteiger partial charge in [0, 0.05) is 11.5 Å². The fourth-order valence-corrected chi connectivity index (χ4v) is 5.76. The predicted octanol–water partition coefficient (Wildman–Crippen LogP) is 4.65. The van der Waals surface area contributed by atoms with Crippen molar-refractivity contribution in [3.05, 3.63) is 118 Å². The van der Waals surface area contributed by atoms with Gasteiger partial charge in [-0.15, -0.1) is 0 Å². The Balaban J connectivity index is 1.36. The van der Waals surface area contributed by atoms with E-state index >= 15 is 0 Å². The molecule has 0 amide bonds. The molecule has 3 aromatic rings. The van der Waals surface area contributed by atoms with Crippen molar-refractivity contribution in [2.45, 2.75) is 75.6 Å². The Morgan fingerprint density at radius 3 is 2.13 bits per heavy atom. The summed E-state index contributed by atoms with van der Waals surface area (Å²) in [6.45, 7) is 4.29. The average Bonchev–Trinajstić information content (AvgIpc) is 3.56. The molecule has 39 heavy (non-hydrogen) atoms. The van der Waals surface area contributed by atoms with Crippen LogP contribution in [0.4, 0.5) is 0 Å². The smallest absolute Gasteiger partial charge is 0.265 e. The van der Waals surface area contributed by atoms with Gasteiger partial charge in [0.15, 0.2) is 18.2 Å². The summed E-state index contributed by atoms with van der Waals surface area (Å²) < 4.78 is 25.2. The van der Waals surface area contributed by atoms with Gasteiger partial charge < -0.3 is 18.9 Å². The minimum atomic E-state index is -1.12. The van der Waals surface area contributed by atoms with Gasteiger partial charge in [0.1, 0.15) is 24.4 Å². The Labute approximate surface area is 227 Å². The molecule has 9 heteroatoms. The summed E-state index contributed by atoms with van der Waals surface area (Å²) in [5.74, 6) is -0.861. The first-order valence-corrected chi connectivity index (χ1v) is 13.2. The molecule has 204 valence electrons. The van der Waals surface area contributed by atoms with E-state index in [-0.39, 0.29) is 4.92 Å². The number of ether oxygens (including phenoxy) is 4. The second-order valence-electron chi connectivity index (χ2n) is 10.6. The summed E-state index contributed by atoms with van der Waals surface area (Å²) in [5, 5.41) is 14.4. The van der Waals surface area contributed by atoms with E-state index in [4.69, 9.17) is 23.8 Å². The van der Waals surface area contributed by atoms with Gasteiger partial charge in [-0.25, -0.2) is 0 Å². The van der Waals surface area contributed by atoms with Gasteiger partial charge in [0.25, 0.3) is 6.04 Å². The van der Waals surface area contributed by atoms with Crippen LogP contribution >= 0.6 is 0 Å². The normalized spacial score (nSPS) is 31.8. The molecule has 9 nitrogen and oxygen atoms in total. The summed E-state index contributed by atoms with van der Waals surface area (Å²) in [4.78, 5) is 18.9. The van der Waals surface area contributed by atoms with E-state index < -0.39 is 48.6 Å². The van der Waals surface area contributed by atoms with Crippen LogP contribution in [0.25, 0.3) is 0 Å². The molecule has 4 unspecified atom stereocenters. The van der Waals surface area contributed by atoms with Crippen LogP contribution in [-0.4, -0.2) is 52.5 Å². The number of nitrogens with zero attached hydrogens (tertiary/aromatic N) is 2. The lowest BCUT2D eigenvalue weighted by Gasteiger charge is -2.32. The van der Waals surface area contributed by atoms with Crippen molar-refractivity contribution in [3.63, 3.8) is 0 Å². The van der Waals surface area contributed by atoms with E-state index in [0.717, 1.165) is 16.7 Å². The molecule has 3 aliphatic rings. The molecular weight excluding hydrogens is 500 g/mol. The minimum absolute atomic E-state index is 0.259. The molecule has 6 rings (SSSR count). The van der Waals surface area contributed by atoms with E-state index in [1.165, 1.54) is 0 Å². The highest BCUT2D eigenvalue weighted by molar-refractivity contribution is 5.22. The van der Waals surface area contributed by atoms with Crippen molar-refractivity contribution in [2.24, 2.45) is 0 Å². The second-order valence-corrected chi connectivity index (χ2v) is 10.6. The summed E-state index contributed by atoms with van der Waals surface area (Å²) in [6, 6.07) is 27.0. The molecule has 3 aliphatic heterocycles. The van der Waals surface area contributed by atoms with Crippen molar-refractivity contribution in [3.8, 4) is 0 Å². The number of nitro groups is 1. The van der Waals surface area contributed by atoms with E-state index in [9.17, 15) is 10.1 Å². The average molecular weight is 533 g/mol. The molecule has 3 heterocycles. The Kier molecular flexibility index (Phi) is 7.20. The highest BCUT2D eigenvalue weighted by Crippen LogP contribution is 2.46. The summed E-state index contributed by atoms with van der Waals surface area (Å²) in [5.41, 5.74) is 2.68. The molecule has 0 bridgehead atoms. The zero-order valence-corrected chi connectivity index (χ0v) is 21.9. The highest BCUT2D eigenvalue weighted by atomic mass is 16.8. The largest absolute Gasteiger partial charge is 0.368 e. The molecule has 0 radical (unpaired) electrons. The quantitative estimate of drug-likeness (QED) is 0.306. The first kappa shape index (κ1) is 26.1. The first-order chi connectivity index (χ1) is 18.9. The van der Waals surface area contributed by atoms with Gasteiger partial charge in [0.2, 0.25) is 0 Å². The lowest BCUT2D eigenvalue weighted by Crippen LogP contribution is -2.53. The van der Waals surface area contributed by atoms with Crippen LogP contribution in [0.3, 0.4) is 0 Å². The fourth-order valence-electron chi connectivity index (χ4n) is 5.76. The van der Waals surface area contributed by atoms with Crippen LogP contribution in [0.1, 0.15) is 36.6 Å². The summed E-state index contributed by atoms with van der Waals surface area (Å²) in [6.07, 6.45) is -3.43. The van der Waals surface area contributed by atoms with Gasteiger partial charge in [-0.2, -0.15) is 5.06 Å². The van der Waals surface area contributed by atoms with Crippen LogP contribution in [-0.2, 0) is 36.9 Å². The number of hydrogen-bond donors (Lipinski definition) is 0. The molecule has 0 N–H and O–H groups in total. The van der Waals surface area contributed by atoms with E-state index in [0.29, 0.717) is 13.2 Å². The molecule has 0 aliphatic carbocycles. The lowest BCUT2D eigenvalue weighted by atomic mass is 9.91. The standard InChI is InChI=1S/C30H32N2O7/c1-30(2)37-28-27(35-19-21-14-8-4-9-15-21)26(36-29(28)38-30)23-24(32(33)34)25(22-16-10-5-11-17-22)39-31(23)18-20-12-6-3-7-13-20/h3-17,23-29H,18-19H2,1-2H3/t23?,24?,25?,26?,27-,28+,29+/m0/s1. The Morgan fingerprint density at radius 1 is 0.872 bits per heavy atom. The lowest BCUT2D eigenvalue weighted by molar-refractivity contribution is -0.533. The zero-order chi connectivity index (χ0) is 27.0. The minimum Gasteiger partial charge on any atom is -0.368 e. The van der Waals surface area contributed by atoms with Crippen LogP contribution in [0.2, 0.25) is 0 Å². The molecule has 3 aromatic carbocycles. The molecule has 0 spiro atoms. The molecule has 3 saturated heterocycles. The SMILES string of the molecule is CC1(C)O[C@H]2OC(C3C([N+](=O)[O-])C(c4ccccc4)ON3Cc3ccccc3)[C@H](OCc3ccccc3)[C@H]2O1. The number of hydrogen-bond acceptors (Lipinski definition) is 8. The van der Waals surface area contributed by atoms with E-state index in [1.54, 1.807) is 5.06 Å². The van der Waals surface area contributed by atoms with E-state index in [1.807, 2.05) is 105 Å². The summed E-state index contributed by atoms with van der Waals surface area (Å²) >= 11 is 0. The molecule has 7 atom stereocenters. The third-order valence-corrected chi connectivity index (χ3v) is 7.44. The van der Waals surface area contributed by atoms with Crippen LogP contribution < -0.4 is 0 Å². The maximum atomic E-state index is 12.7. The summed E-state index contributed by atoms with van der Waals surface area (Å²) in [7, 11) is 0. The van der Waals surface area contributed by atoms with Crippen LogP contribution in [0, 0.1) is 10.1 Å². The van der Waals surface area contributed by atoms with E-state index in [2.05, 4.69) is 0 Å². The van der Waals surface area contributed by atoms with Gasteiger partial charge in [-0.1, -0.05) is 91.0 Å². The highest BCUT2D eigenvalue weighted by Gasteiger charge is 2.64. The molecule has 0 aromatic heterocycles. The van der Waals surface area contributed by atoms with Crippen molar-refractivity contribution >= 4 is 0 Å². The maximum absolute atomic E-state index is 12.7. The topological polar surface area (TPSA) is 92.5 Å². The fraction of sp³-hybridized carbons (Fsp3) is 0.400.